The molecule has 0 heterocycles. The third kappa shape index (κ3) is 3.46. The molecule has 0 saturated heterocycles. The molecule has 0 radical (unpaired) electrons. The molecule has 4 nitrogen and oxygen atoms in total. The summed E-state index contributed by atoms with van der Waals surface area (Å²) in [7, 11) is -4.10. The number of carbonyl (C=O) groups excluding carboxylic acids is 1. The maximum atomic E-state index is 14.6. The summed E-state index contributed by atoms with van der Waals surface area (Å²) < 4.78 is 53.8. The van der Waals surface area contributed by atoms with E-state index in [0.717, 1.165) is 18.2 Å². The lowest BCUT2D eigenvalue weighted by Crippen LogP contribution is -2.42. The van der Waals surface area contributed by atoms with E-state index in [0.29, 0.717) is 5.02 Å². The first kappa shape index (κ1) is 19.8. The molecule has 0 aromatic heterocycles. The number of amides is 1. The van der Waals surface area contributed by atoms with Crippen LogP contribution in [0, 0.1) is 17.6 Å². The smallest absolute Gasteiger partial charge is 0.220 e. The van der Waals surface area contributed by atoms with Gasteiger partial charge < -0.3 is 5.73 Å². The maximum absolute atomic E-state index is 14.6. The summed E-state index contributed by atoms with van der Waals surface area (Å²) in [4.78, 5) is 11.5. The number of sulfone groups is 1. The molecule has 0 aliphatic heterocycles. The van der Waals surface area contributed by atoms with Gasteiger partial charge in [-0.1, -0.05) is 11.6 Å². The van der Waals surface area contributed by atoms with Crippen molar-refractivity contribution >= 4 is 27.3 Å². The first-order valence-electron chi connectivity index (χ1n) is 8.42. The summed E-state index contributed by atoms with van der Waals surface area (Å²) in [5.74, 6) is -2.54. The van der Waals surface area contributed by atoms with Crippen LogP contribution >= 0.6 is 11.6 Å². The summed E-state index contributed by atoms with van der Waals surface area (Å²) in [6, 6.07) is 8.33. The van der Waals surface area contributed by atoms with Crippen molar-refractivity contribution in [2.24, 2.45) is 11.7 Å². The van der Waals surface area contributed by atoms with Crippen molar-refractivity contribution in [3.8, 4) is 0 Å². The van der Waals surface area contributed by atoms with Gasteiger partial charge in [0.25, 0.3) is 0 Å². The molecule has 2 aromatic rings. The van der Waals surface area contributed by atoms with Gasteiger partial charge in [0, 0.05) is 16.5 Å². The monoisotopic (exact) mass is 413 g/mol. The van der Waals surface area contributed by atoms with Gasteiger partial charge in [-0.3, -0.25) is 4.79 Å². The van der Waals surface area contributed by atoms with E-state index in [1.165, 1.54) is 24.3 Å². The third-order valence-electron chi connectivity index (χ3n) is 5.25. The Morgan fingerprint density at radius 3 is 2.22 bits per heavy atom. The number of carbonyl (C=O) groups is 1. The number of benzene rings is 2. The van der Waals surface area contributed by atoms with Crippen LogP contribution in [0.3, 0.4) is 0 Å². The van der Waals surface area contributed by atoms with E-state index in [9.17, 15) is 22.0 Å². The highest BCUT2D eigenvalue weighted by Gasteiger charge is 2.50. The summed E-state index contributed by atoms with van der Waals surface area (Å²) in [6.07, 6.45) is 0.286. The highest BCUT2D eigenvalue weighted by atomic mass is 35.5. The third-order valence-corrected chi connectivity index (χ3v) is 8.05. The predicted octanol–water partition coefficient (Wildman–Crippen LogP) is 3.96. The lowest BCUT2D eigenvalue weighted by molar-refractivity contribution is -0.122. The maximum Gasteiger partial charge on any atom is 0.220 e. The van der Waals surface area contributed by atoms with Crippen LogP contribution in [0.15, 0.2) is 47.4 Å². The minimum Gasteiger partial charge on any atom is -0.369 e. The number of primary amides is 1. The molecule has 2 aromatic carbocycles. The average molecular weight is 414 g/mol. The topological polar surface area (TPSA) is 77.2 Å². The van der Waals surface area contributed by atoms with Gasteiger partial charge in [0.05, 0.1) is 4.90 Å². The minimum atomic E-state index is -4.10. The van der Waals surface area contributed by atoms with Crippen LogP contribution < -0.4 is 5.73 Å². The fraction of sp³-hybridized carbons (Fsp3) is 0.316. The molecule has 1 aliphatic rings. The van der Waals surface area contributed by atoms with E-state index < -0.39 is 38.0 Å². The van der Waals surface area contributed by atoms with Crippen LogP contribution in [-0.4, -0.2) is 14.3 Å². The van der Waals surface area contributed by atoms with Crippen LogP contribution in [0.4, 0.5) is 8.78 Å². The van der Waals surface area contributed by atoms with Crippen molar-refractivity contribution in [1.82, 2.24) is 0 Å². The van der Waals surface area contributed by atoms with Gasteiger partial charge in [0.15, 0.2) is 9.84 Å². The zero-order valence-corrected chi connectivity index (χ0v) is 15.9. The second-order valence-corrected chi connectivity index (χ2v) is 9.45. The lowest BCUT2D eigenvalue weighted by Gasteiger charge is -2.39. The number of hydrogen-bond acceptors (Lipinski definition) is 3. The number of halogens is 3. The predicted molar refractivity (Wildman–Crippen MR) is 97.8 cm³/mol. The summed E-state index contributed by atoms with van der Waals surface area (Å²) >= 11 is 5.84. The van der Waals surface area contributed by atoms with Crippen molar-refractivity contribution in [3.05, 3.63) is 64.7 Å². The highest BCUT2D eigenvalue weighted by Crippen LogP contribution is 2.49. The van der Waals surface area contributed by atoms with E-state index in [4.69, 9.17) is 17.3 Å². The van der Waals surface area contributed by atoms with E-state index in [1.807, 2.05) is 0 Å². The van der Waals surface area contributed by atoms with Crippen molar-refractivity contribution in [2.75, 3.05) is 0 Å². The highest BCUT2D eigenvalue weighted by molar-refractivity contribution is 7.92. The SMILES string of the molecule is NC(=O)C1CCC(c2cc(F)ccc2F)(S(=O)(=O)c2ccc(Cl)cc2)CC1. The van der Waals surface area contributed by atoms with Crippen LogP contribution in [0.25, 0.3) is 0 Å². The molecule has 0 unspecified atom stereocenters. The first-order chi connectivity index (χ1) is 12.7. The van der Waals surface area contributed by atoms with Crippen LogP contribution in [0.5, 0.6) is 0 Å². The van der Waals surface area contributed by atoms with Gasteiger partial charge in [-0.15, -0.1) is 0 Å². The fourth-order valence-electron chi connectivity index (χ4n) is 3.74. The second-order valence-electron chi connectivity index (χ2n) is 6.75. The largest absolute Gasteiger partial charge is 0.369 e. The average Bonchev–Trinajstić information content (AvgIpc) is 2.64. The zero-order chi connectivity index (χ0) is 19.8. The van der Waals surface area contributed by atoms with Crippen LogP contribution in [0.1, 0.15) is 31.2 Å². The number of hydrogen-bond donors (Lipinski definition) is 1. The quantitative estimate of drug-likeness (QED) is 0.824. The van der Waals surface area contributed by atoms with E-state index in [2.05, 4.69) is 0 Å². The van der Waals surface area contributed by atoms with E-state index in [-0.39, 0.29) is 36.1 Å². The molecule has 27 heavy (non-hydrogen) atoms. The Kier molecular flexibility index (Phi) is 5.27. The number of nitrogens with two attached hydrogens (primary N) is 1. The summed E-state index contributed by atoms with van der Waals surface area (Å²) in [6.45, 7) is 0. The normalized spacial score (nSPS) is 23.1. The Morgan fingerprint density at radius 1 is 1.07 bits per heavy atom. The van der Waals surface area contributed by atoms with Gasteiger partial charge in [-0.25, -0.2) is 17.2 Å². The van der Waals surface area contributed by atoms with Crippen molar-refractivity contribution < 1.29 is 22.0 Å². The van der Waals surface area contributed by atoms with Gasteiger partial charge in [-0.2, -0.15) is 0 Å². The Bertz CT molecular complexity index is 969. The molecule has 0 atom stereocenters. The summed E-state index contributed by atoms with van der Waals surface area (Å²) in [5, 5.41) is 0.359. The molecule has 1 amide bonds. The molecule has 1 saturated carbocycles. The first-order valence-corrected chi connectivity index (χ1v) is 10.3. The lowest BCUT2D eigenvalue weighted by atomic mass is 9.77. The minimum absolute atomic E-state index is 0.0342. The van der Waals surface area contributed by atoms with Gasteiger partial charge in [-0.05, 0) is 68.1 Å². The molecule has 1 aliphatic carbocycles. The molecule has 8 heteroatoms. The van der Waals surface area contributed by atoms with E-state index >= 15 is 0 Å². The van der Waals surface area contributed by atoms with Crippen LogP contribution in [0.2, 0.25) is 5.02 Å². The molecule has 144 valence electrons. The molecule has 2 N–H and O–H groups in total. The van der Waals surface area contributed by atoms with Gasteiger partial charge in [0.2, 0.25) is 5.91 Å². The van der Waals surface area contributed by atoms with Gasteiger partial charge >= 0.3 is 0 Å². The fourth-order valence-corrected chi connectivity index (χ4v) is 6.03. The molecule has 1 fully saturated rings. The Hall–Kier alpha value is -1.99. The molecule has 0 spiro atoms. The Labute approximate surface area is 161 Å². The molecular formula is C19H18ClF2NO3S. The molecular weight excluding hydrogens is 396 g/mol. The Balaban J connectivity index is 2.18. The standard InChI is InChI=1S/C19H18ClF2NO3S/c20-13-1-4-15(5-2-13)27(25,26)19(9-7-12(8-10-19)18(23)24)16-11-14(21)3-6-17(16)22/h1-6,11-12H,7-10H2,(H2,23,24). The van der Waals surface area contributed by atoms with E-state index in [1.54, 1.807) is 0 Å². The molecule has 0 bridgehead atoms. The van der Waals surface area contributed by atoms with Crippen molar-refractivity contribution in [2.45, 2.75) is 35.3 Å². The molecule has 3 rings (SSSR count). The summed E-state index contributed by atoms with van der Waals surface area (Å²) in [5.41, 5.74) is 5.13. The Morgan fingerprint density at radius 2 is 1.67 bits per heavy atom. The second kappa shape index (κ2) is 7.20. The van der Waals surface area contributed by atoms with Crippen molar-refractivity contribution in [3.63, 3.8) is 0 Å². The van der Waals surface area contributed by atoms with Crippen molar-refractivity contribution in [1.29, 1.82) is 0 Å². The zero-order valence-electron chi connectivity index (χ0n) is 14.3. The number of rotatable bonds is 4. The van der Waals surface area contributed by atoms with Crippen LogP contribution in [-0.2, 0) is 19.4 Å². The van der Waals surface area contributed by atoms with Gasteiger partial charge in [0.1, 0.15) is 16.4 Å².